The molecule has 3 N–H and O–H groups in total. The van der Waals surface area contributed by atoms with E-state index < -0.39 is 0 Å². The fourth-order valence-corrected chi connectivity index (χ4v) is 3.42. The SMILES string of the molecule is Nc1ccc(Cl)c(-c2nc3c(Br)cc(Br)cc3[nH]2)c1. The lowest BCUT2D eigenvalue weighted by Crippen LogP contribution is -1.87. The van der Waals surface area contributed by atoms with Crippen molar-refractivity contribution in [3.8, 4) is 11.4 Å². The van der Waals surface area contributed by atoms with Crippen molar-refractivity contribution >= 4 is 60.2 Å². The van der Waals surface area contributed by atoms with Crippen LogP contribution in [0.15, 0.2) is 39.3 Å². The largest absolute Gasteiger partial charge is 0.399 e. The van der Waals surface area contributed by atoms with E-state index in [1.807, 2.05) is 18.2 Å². The van der Waals surface area contributed by atoms with Crippen LogP contribution in [0.25, 0.3) is 22.4 Å². The summed E-state index contributed by atoms with van der Waals surface area (Å²) in [6.45, 7) is 0. The second-order valence-electron chi connectivity index (χ2n) is 4.11. The number of nitrogens with zero attached hydrogens (tertiary/aromatic N) is 1. The molecule has 3 rings (SSSR count). The van der Waals surface area contributed by atoms with E-state index in [1.165, 1.54) is 0 Å². The average Bonchev–Trinajstić information content (AvgIpc) is 2.76. The molecule has 0 unspecified atom stereocenters. The van der Waals surface area contributed by atoms with Gasteiger partial charge in [-0.25, -0.2) is 4.98 Å². The van der Waals surface area contributed by atoms with Crippen LogP contribution in [0.1, 0.15) is 0 Å². The van der Waals surface area contributed by atoms with E-state index in [9.17, 15) is 0 Å². The molecule has 0 aliphatic carbocycles. The number of halogens is 3. The highest BCUT2D eigenvalue weighted by Crippen LogP contribution is 2.32. The molecule has 1 heterocycles. The highest BCUT2D eigenvalue weighted by Gasteiger charge is 2.11. The number of nitrogens with two attached hydrogens (primary N) is 1. The Hall–Kier alpha value is -1.04. The lowest BCUT2D eigenvalue weighted by Gasteiger charge is -2.01. The van der Waals surface area contributed by atoms with Crippen LogP contribution in [-0.2, 0) is 0 Å². The van der Waals surface area contributed by atoms with Gasteiger partial charge in [-0.1, -0.05) is 27.5 Å². The van der Waals surface area contributed by atoms with Gasteiger partial charge in [0.25, 0.3) is 0 Å². The van der Waals surface area contributed by atoms with Crippen molar-refractivity contribution in [1.82, 2.24) is 9.97 Å². The van der Waals surface area contributed by atoms with Crippen LogP contribution in [0.5, 0.6) is 0 Å². The first-order chi connectivity index (χ1) is 9.04. The van der Waals surface area contributed by atoms with E-state index in [1.54, 1.807) is 12.1 Å². The third kappa shape index (κ3) is 2.38. The molecule has 0 fully saturated rings. The molecule has 2 aromatic carbocycles. The molecule has 19 heavy (non-hydrogen) atoms. The molecule has 1 aromatic heterocycles. The zero-order valence-electron chi connectivity index (χ0n) is 9.55. The van der Waals surface area contributed by atoms with Crippen molar-refractivity contribution in [2.75, 3.05) is 5.73 Å². The normalized spacial score (nSPS) is 11.1. The van der Waals surface area contributed by atoms with Gasteiger partial charge in [0, 0.05) is 20.2 Å². The zero-order valence-corrected chi connectivity index (χ0v) is 13.5. The van der Waals surface area contributed by atoms with Gasteiger partial charge < -0.3 is 10.7 Å². The number of rotatable bonds is 1. The summed E-state index contributed by atoms with van der Waals surface area (Å²) in [5.74, 6) is 0.700. The topological polar surface area (TPSA) is 54.7 Å². The Labute approximate surface area is 131 Å². The standard InChI is InChI=1S/C13H8Br2ClN3/c14-6-3-9(15)12-11(4-6)18-13(19-12)8-5-7(17)1-2-10(8)16/h1-5H,17H2,(H,18,19). The van der Waals surface area contributed by atoms with E-state index in [0.717, 1.165) is 25.5 Å². The number of hydrogen-bond acceptors (Lipinski definition) is 2. The molecule has 0 amide bonds. The van der Waals surface area contributed by atoms with E-state index in [0.29, 0.717) is 16.5 Å². The number of H-pyrrole nitrogens is 1. The third-order valence-corrected chi connectivity index (χ3v) is 4.14. The van der Waals surface area contributed by atoms with Gasteiger partial charge in [0.15, 0.2) is 0 Å². The summed E-state index contributed by atoms with van der Waals surface area (Å²) in [5.41, 5.74) is 9.03. The van der Waals surface area contributed by atoms with Crippen molar-refractivity contribution in [3.63, 3.8) is 0 Å². The Bertz CT molecular complexity index is 783. The number of imidazole rings is 1. The minimum Gasteiger partial charge on any atom is -0.399 e. The quantitative estimate of drug-likeness (QED) is 0.565. The van der Waals surface area contributed by atoms with E-state index in [4.69, 9.17) is 17.3 Å². The molecular weight excluding hydrogens is 393 g/mol. The van der Waals surface area contributed by atoms with Gasteiger partial charge in [0.2, 0.25) is 0 Å². The van der Waals surface area contributed by atoms with Crippen LogP contribution >= 0.6 is 43.5 Å². The van der Waals surface area contributed by atoms with Crippen molar-refractivity contribution in [3.05, 3.63) is 44.3 Å². The molecule has 0 saturated carbocycles. The lowest BCUT2D eigenvalue weighted by molar-refractivity contribution is 1.33. The highest BCUT2D eigenvalue weighted by molar-refractivity contribution is 9.11. The molecule has 0 saturated heterocycles. The molecule has 6 heteroatoms. The summed E-state index contributed by atoms with van der Waals surface area (Å²) < 4.78 is 1.89. The van der Waals surface area contributed by atoms with Gasteiger partial charge in [-0.05, 0) is 46.3 Å². The van der Waals surface area contributed by atoms with Crippen molar-refractivity contribution in [1.29, 1.82) is 0 Å². The van der Waals surface area contributed by atoms with E-state index in [2.05, 4.69) is 41.8 Å². The summed E-state index contributed by atoms with van der Waals surface area (Å²) in [6.07, 6.45) is 0. The Morgan fingerprint density at radius 3 is 2.74 bits per heavy atom. The average molecular weight is 401 g/mol. The minimum atomic E-state index is 0.614. The van der Waals surface area contributed by atoms with Gasteiger partial charge in [-0.15, -0.1) is 0 Å². The molecule has 0 atom stereocenters. The number of fused-ring (bicyclic) bond motifs is 1. The number of nitrogen functional groups attached to an aromatic ring is 1. The second-order valence-corrected chi connectivity index (χ2v) is 6.29. The van der Waals surface area contributed by atoms with Gasteiger partial charge >= 0.3 is 0 Å². The molecule has 0 spiro atoms. The maximum absolute atomic E-state index is 6.19. The van der Waals surface area contributed by atoms with Crippen LogP contribution < -0.4 is 5.73 Å². The van der Waals surface area contributed by atoms with Crippen LogP contribution in [0.2, 0.25) is 5.02 Å². The monoisotopic (exact) mass is 399 g/mol. The van der Waals surface area contributed by atoms with Crippen LogP contribution in [-0.4, -0.2) is 9.97 Å². The second kappa shape index (κ2) is 4.81. The fraction of sp³-hybridized carbons (Fsp3) is 0. The lowest BCUT2D eigenvalue weighted by atomic mass is 10.2. The smallest absolute Gasteiger partial charge is 0.140 e. The van der Waals surface area contributed by atoms with Crippen molar-refractivity contribution in [2.24, 2.45) is 0 Å². The van der Waals surface area contributed by atoms with Gasteiger partial charge in [-0.2, -0.15) is 0 Å². The maximum Gasteiger partial charge on any atom is 0.140 e. The highest BCUT2D eigenvalue weighted by atomic mass is 79.9. The summed E-state index contributed by atoms with van der Waals surface area (Å²) in [5, 5.41) is 0.614. The predicted octanol–water partition coefficient (Wildman–Crippen LogP) is 4.99. The summed E-state index contributed by atoms with van der Waals surface area (Å²) >= 11 is 13.1. The Morgan fingerprint density at radius 1 is 1.16 bits per heavy atom. The molecule has 0 aliphatic rings. The Balaban J connectivity index is 2.26. The Morgan fingerprint density at radius 2 is 1.95 bits per heavy atom. The number of anilines is 1. The number of aromatic nitrogens is 2. The van der Waals surface area contributed by atoms with Crippen LogP contribution in [0, 0.1) is 0 Å². The molecule has 3 aromatic rings. The fourth-order valence-electron chi connectivity index (χ4n) is 1.89. The number of hydrogen-bond donors (Lipinski definition) is 2. The molecule has 96 valence electrons. The van der Waals surface area contributed by atoms with Gasteiger partial charge in [0.1, 0.15) is 11.3 Å². The first-order valence-corrected chi connectivity index (χ1v) is 7.41. The summed E-state index contributed by atoms with van der Waals surface area (Å²) in [7, 11) is 0. The van der Waals surface area contributed by atoms with Crippen LogP contribution in [0.3, 0.4) is 0 Å². The Kier molecular flexibility index (Phi) is 3.28. The van der Waals surface area contributed by atoms with Gasteiger partial charge in [-0.3, -0.25) is 0 Å². The number of benzene rings is 2. The molecule has 0 radical (unpaired) electrons. The maximum atomic E-state index is 6.19. The summed E-state index contributed by atoms with van der Waals surface area (Å²) in [6, 6.07) is 9.26. The van der Waals surface area contributed by atoms with Crippen molar-refractivity contribution < 1.29 is 0 Å². The minimum absolute atomic E-state index is 0.614. The van der Waals surface area contributed by atoms with Gasteiger partial charge in [0.05, 0.1) is 10.5 Å². The third-order valence-electron chi connectivity index (χ3n) is 2.75. The predicted molar refractivity (Wildman–Crippen MR) is 86.4 cm³/mol. The number of nitrogens with one attached hydrogen (secondary N) is 1. The summed E-state index contributed by atoms with van der Waals surface area (Å²) in [4.78, 5) is 7.81. The number of aromatic amines is 1. The molecule has 0 bridgehead atoms. The van der Waals surface area contributed by atoms with Crippen molar-refractivity contribution in [2.45, 2.75) is 0 Å². The molecule has 0 aliphatic heterocycles. The zero-order chi connectivity index (χ0) is 13.6. The molecule has 3 nitrogen and oxygen atoms in total. The molecular formula is C13H8Br2ClN3. The van der Waals surface area contributed by atoms with E-state index in [-0.39, 0.29) is 0 Å². The van der Waals surface area contributed by atoms with Crippen LogP contribution in [0.4, 0.5) is 5.69 Å². The first-order valence-electron chi connectivity index (χ1n) is 5.45. The van der Waals surface area contributed by atoms with E-state index >= 15 is 0 Å². The first kappa shape index (κ1) is 13.0.